The highest BCUT2D eigenvalue weighted by atomic mass is 32.2. The maximum Gasteiger partial charge on any atom is 0.243 e. The normalized spacial score (nSPS) is 24.9. The van der Waals surface area contributed by atoms with Crippen molar-refractivity contribution in [1.82, 2.24) is 14.2 Å². The lowest BCUT2D eigenvalue weighted by atomic mass is 9.92. The molecule has 0 aliphatic carbocycles. The Morgan fingerprint density at radius 2 is 1.73 bits per heavy atom. The van der Waals surface area contributed by atoms with Crippen molar-refractivity contribution in [3.63, 3.8) is 0 Å². The Bertz CT molecular complexity index is 983. The lowest BCUT2D eigenvalue weighted by Crippen LogP contribution is -2.31. The molecule has 30 heavy (non-hydrogen) atoms. The summed E-state index contributed by atoms with van der Waals surface area (Å²) in [7, 11) is -3.53. The first-order valence-electron chi connectivity index (χ1n) is 10.6. The number of nitrogens with zero attached hydrogens (tertiary/aromatic N) is 3. The Morgan fingerprint density at radius 3 is 2.43 bits per heavy atom. The molecule has 3 aliphatic heterocycles. The van der Waals surface area contributed by atoms with Crippen LogP contribution in [0.15, 0.2) is 47.6 Å². The minimum absolute atomic E-state index is 0.293. The van der Waals surface area contributed by atoms with E-state index in [0.29, 0.717) is 54.5 Å². The van der Waals surface area contributed by atoms with Gasteiger partial charge in [0.15, 0.2) is 11.5 Å². The number of hydrogen-bond acceptors (Lipinski definition) is 6. The molecule has 0 amide bonds. The molecule has 160 valence electrons. The van der Waals surface area contributed by atoms with Crippen LogP contribution in [-0.2, 0) is 16.6 Å². The Labute approximate surface area is 177 Å². The molecular weight excluding hydrogens is 402 g/mol. The molecule has 7 nitrogen and oxygen atoms in total. The van der Waals surface area contributed by atoms with Crippen LogP contribution in [-0.4, -0.2) is 62.0 Å². The van der Waals surface area contributed by atoms with Gasteiger partial charge in [0.2, 0.25) is 10.0 Å². The van der Waals surface area contributed by atoms with Crippen molar-refractivity contribution in [3.05, 3.63) is 48.3 Å². The van der Waals surface area contributed by atoms with Gasteiger partial charge in [0, 0.05) is 38.1 Å². The van der Waals surface area contributed by atoms with Crippen molar-refractivity contribution in [1.29, 1.82) is 0 Å². The molecule has 8 heteroatoms. The molecule has 0 N–H and O–H groups in total. The second-order valence-corrected chi connectivity index (χ2v) is 10.3. The number of pyridine rings is 1. The average Bonchev–Trinajstić information content (AvgIpc) is 3.11. The summed E-state index contributed by atoms with van der Waals surface area (Å²) in [6.07, 6.45) is 5.77. The van der Waals surface area contributed by atoms with E-state index in [1.807, 2.05) is 12.3 Å². The maximum atomic E-state index is 13.3. The number of likely N-dealkylation sites (tertiary alicyclic amines) is 1. The zero-order valence-corrected chi connectivity index (χ0v) is 17.8. The lowest BCUT2D eigenvalue weighted by molar-refractivity contribution is 0.171. The van der Waals surface area contributed by atoms with Crippen LogP contribution in [0.1, 0.15) is 18.4 Å². The van der Waals surface area contributed by atoms with Crippen LogP contribution in [0, 0.1) is 11.8 Å². The predicted molar refractivity (Wildman–Crippen MR) is 112 cm³/mol. The minimum atomic E-state index is -3.53. The van der Waals surface area contributed by atoms with Crippen LogP contribution in [0.5, 0.6) is 11.5 Å². The molecule has 0 unspecified atom stereocenters. The van der Waals surface area contributed by atoms with Gasteiger partial charge in [-0.05, 0) is 61.5 Å². The van der Waals surface area contributed by atoms with Crippen LogP contribution in [0.3, 0.4) is 0 Å². The molecule has 2 aromatic rings. The van der Waals surface area contributed by atoms with Crippen molar-refractivity contribution in [2.45, 2.75) is 24.3 Å². The molecule has 4 heterocycles. The summed E-state index contributed by atoms with van der Waals surface area (Å²) in [5.41, 5.74) is 1.23. The molecule has 0 saturated carbocycles. The van der Waals surface area contributed by atoms with Gasteiger partial charge in [0.05, 0.1) is 4.90 Å². The standard InChI is InChI=1S/C22H27N3O4S/c26-30(27,20-3-4-21-22(12-20)29-11-10-28-21)25-15-18-5-8-24(9-6-19(18)16-25)14-17-2-1-7-23-13-17/h1-4,7,12-13,18-19H,5-6,8-11,14-16H2/t18-,19+. The fourth-order valence-electron chi connectivity index (χ4n) is 4.80. The summed E-state index contributed by atoms with van der Waals surface area (Å²) in [4.78, 5) is 6.97. The van der Waals surface area contributed by atoms with Crippen LogP contribution in [0.4, 0.5) is 0 Å². The van der Waals surface area contributed by atoms with Crippen molar-refractivity contribution in [3.8, 4) is 11.5 Å². The molecule has 1 aromatic heterocycles. The third-order valence-electron chi connectivity index (χ3n) is 6.46. The maximum absolute atomic E-state index is 13.3. The van der Waals surface area contributed by atoms with E-state index in [1.54, 1.807) is 28.7 Å². The Balaban J connectivity index is 1.25. The van der Waals surface area contributed by atoms with E-state index in [1.165, 1.54) is 5.56 Å². The van der Waals surface area contributed by atoms with Gasteiger partial charge in [-0.3, -0.25) is 9.88 Å². The number of hydrogen-bond donors (Lipinski definition) is 0. The van der Waals surface area contributed by atoms with Crippen LogP contribution >= 0.6 is 0 Å². The molecule has 5 rings (SSSR count). The van der Waals surface area contributed by atoms with Gasteiger partial charge in [0.1, 0.15) is 13.2 Å². The Kier molecular flexibility index (Phi) is 5.39. The van der Waals surface area contributed by atoms with Gasteiger partial charge in [-0.1, -0.05) is 6.07 Å². The largest absolute Gasteiger partial charge is 0.486 e. The molecule has 3 aliphatic rings. The third kappa shape index (κ3) is 3.91. The molecular formula is C22H27N3O4S. The highest BCUT2D eigenvalue weighted by Crippen LogP contribution is 2.37. The first kappa shape index (κ1) is 19.8. The van der Waals surface area contributed by atoms with E-state index in [9.17, 15) is 8.42 Å². The second kappa shape index (κ2) is 8.17. The van der Waals surface area contributed by atoms with E-state index in [4.69, 9.17) is 9.47 Å². The third-order valence-corrected chi connectivity index (χ3v) is 8.28. The summed E-state index contributed by atoms with van der Waals surface area (Å²) >= 11 is 0. The second-order valence-electron chi connectivity index (χ2n) is 8.36. The zero-order chi connectivity index (χ0) is 20.6. The molecule has 0 bridgehead atoms. The number of ether oxygens (including phenoxy) is 2. The number of aromatic nitrogens is 1. The summed E-state index contributed by atoms with van der Waals surface area (Å²) in [6.45, 7) is 5.03. The minimum Gasteiger partial charge on any atom is -0.486 e. The van der Waals surface area contributed by atoms with E-state index < -0.39 is 10.0 Å². The number of benzene rings is 1. The number of fused-ring (bicyclic) bond motifs is 2. The molecule has 1 aromatic carbocycles. The topological polar surface area (TPSA) is 72.0 Å². The van der Waals surface area contributed by atoms with Gasteiger partial charge >= 0.3 is 0 Å². The van der Waals surface area contributed by atoms with E-state index in [0.717, 1.165) is 32.5 Å². The van der Waals surface area contributed by atoms with Gasteiger partial charge < -0.3 is 9.47 Å². The van der Waals surface area contributed by atoms with Gasteiger partial charge in [-0.2, -0.15) is 4.31 Å². The monoisotopic (exact) mass is 429 g/mol. The number of rotatable bonds is 4. The first-order chi connectivity index (χ1) is 14.6. The molecule has 2 atom stereocenters. The van der Waals surface area contributed by atoms with E-state index in [-0.39, 0.29) is 0 Å². The average molecular weight is 430 g/mol. The fourth-order valence-corrected chi connectivity index (χ4v) is 6.37. The summed E-state index contributed by atoms with van der Waals surface area (Å²) < 4.78 is 39.3. The fraction of sp³-hybridized carbons (Fsp3) is 0.500. The van der Waals surface area contributed by atoms with E-state index in [2.05, 4.69) is 16.0 Å². The van der Waals surface area contributed by atoms with Crippen molar-refractivity contribution >= 4 is 10.0 Å². The lowest BCUT2D eigenvalue weighted by Gasteiger charge is -2.22. The Hall–Kier alpha value is -2.16. The molecule has 0 spiro atoms. The summed E-state index contributed by atoms with van der Waals surface area (Å²) in [6, 6.07) is 9.02. The predicted octanol–water partition coefficient (Wildman–Crippen LogP) is 2.39. The van der Waals surface area contributed by atoms with Crippen molar-refractivity contribution in [2.24, 2.45) is 11.8 Å². The summed E-state index contributed by atoms with van der Waals surface area (Å²) in [5, 5.41) is 0. The van der Waals surface area contributed by atoms with Crippen LogP contribution in [0.25, 0.3) is 0 Å². The highest BCUT2D eigenvalue weighted by molar-refractivity contribution is 7.89. The number of sulfonamides is 1. The van der Waals surface area contributed by atoms with Crippen LogP contribution < -0.4 is 9.47 Å². The molecule has 2 fully saturated rings. The van der Waals surface area contributed by atoms with Gasteiger partial charge in [-0.25, -0.2) is 8.42 Å². The van der Waals surface area contributed by atoms with Gasteiger partial charge in [-0.15, -0.1) is 0 Å². The zero-order valence-electron chi connectivity index (χ0n) is 16.9. The Morgan fingerprint density at radius 1 is 1.00 bits per heavy atom. The summed E-state index contributed by atoms with van der Waals surface area (Å²) in [5.74, 6) is 1.95. The quantitative estimate of drug-likeness (QED) is 0.743. The first-order valence-corrected chi connectivity index (χ1v) is 12.0. The van der Waals surface area contributed by atoms with E-state index >= 15 is 0 Å². The van der Waals surface area contributed by atoms with Crippen LogP contribution in [0.2, 0.25) is 0 Å². The van der Waals surface area contributed by atoms with Crippen molar-refractivity contribution in [2.75, 3.05) is 39.4 Å². The van der Waals surface area contributed by atoms with Gasteiger partial charge in [0.25, 0.3) is 0 Å². The molecule has 0 radical (unpaired) electrons. The highest BCUT2D eigenvalue weighted by Gasteiger charge is 2.40. The smallest absolute Gasteiger partial charge is 0.243 e. The molecule has 2 saturated heterocycles. The SMILES string of the molecule is O=S(=O)(c1ccc2c(c1)OCCO2)N1C[C@H]2CCN(Cc3cccnc3)CC[C@H]2C1. The van der Waals surface area contributed by atoms with Crippen molar-refractivity contribution < 1.29 is 17.9 Å².